The number of hydrogen-bond acceptors (Lipinski definition) is 1. The highest BCUT2D eigenvalue weighted by atomic mass is 32.2. The molecule has 0 aromatic heterocycles. The van der Waals surface area contributed by atoms with E-state index in [-0.39, 0.29) is 0 Å². The van der Waals surface area contributed by atoms with Gasteiger partial charge in [-0.2, -0.15) is 9.82 Å². The quantitative estimate of drug-likeness (QED) is 0.426. The third-order valence-corrected chi connectivity index (χ3v) is 6.66. The van der Waals surface area contributed by atoms with Gasteiger partial charge in [0.1, 0.15) is 0 Å². The summed E-state index contributed by atoms with van der Waals surface area (Å²) in [5, 5.41) is 2.22. The van der Waals surface area contributed by atoms with Crippen molar-refractivity contribution < 1.29 is 0 Å². The van der Waals surface area contributed by atoms with Crippen LogP contribution in [0.15, 0.2) is 16.3 Å². The van der Waals surface area contributed by atoms with Gasteiger partial charge in [0, 0.05) is 6.54 Å². The fraction of sp³-hybridized carbons (Fsp3) is 0.857. The monoisotopic (exact) mass is 245 g/mol. The first-order valence-corrected chi connectivity index (χ1v) is 9.12. The van der Waals surface area contributed by atoms with E-state index in [1.54, 1.807) is 0 Å². The standard InChI is InChI=1S/C14H31NS/c1-5-9-12-15-16(8-4,13-10-6-2)14-11-7-3/h8,16H,4-7,9-14H2,1-3H3. The third kappa shape index (κ3) is 6.47. The van der Waals surface area contributed by atoms with Gasteiger partial charge >= 0.3 is 0 Å². The van der Waals surface area contributed by atoms with Gasteiger partial charge in [0.25, 0.3) is 0 Å². The zero-order valence-corrected chi connectivity index (χ0v) is 12.4. The number of unbranched alkanes of at least 4 members (excludes halogenated alkanes) is 3. The Morgan fingerprint density at radius 3 is 1.81 bits per heavy atom. The molecule has 0 aliphatic rings. The smallest absolute Gasteiger partial charge is 0.0441 e. The van der Waals surface area contributed by atoms with Gasteiger partial charge in [-0.05, 0) is 36.2 Å². The summed E-state index contributed by atoms with van der Waals surface area (Å²) in [6.45, 7) is 11.9. The molecule has 0 unspecified atom stereocenters. The van der Waals surface area contributed by atoms with E-state index in [9.17, 15) is 0 Å². The summed E-state index contributed by atoms with van der Waals surface area (Å²) in [6, 6.07) is 0. The Hall–Kier alpha value is -0.110. The zero-order chi connectivity index (χ0) is 12.3. The van der Waals surface area contributed by atoms with Crippen LogP contribution in [0.1, 0.15) is 59.3 Å². The summed E-state index contributed by atoms with van der Waals surface area (Å²) in [5.74, 6) is 2.60. The van der Waals surface area contributed by atoms with Gasteiger partial charge in [0.15, 0.2) is 0 Å². The average molecular weight is 245 g/mol. The van der Waals surface area contributed by atoms with Crippen molar-refractivity contribution in [2.45, 2.75) is 59.3 Å². The lowest BCUT2D eigenvalue weighted by atomic mass is 10.3. The molecule has 98 valence electrons. The molecule has 0 rings (SSSR count). The topological polar surface area (TPSA) is 12.4 Å². The lowest BCUT2D eigenvalue weighted by Crippen LogP contribution is -2.18. The molecule has 0 fully saturated rings. The van der Waals surface area contributed by atoms with Crippen molar-refractivity contribution in [1.29, 1.82) is 0 Å². The van der Waals surface area contributed by atoms with E-state index in [1.165, 1.54) is 50.0 Å². The first kappa shape index (κ1) is 15.9. The second kappa shape index (κ2) is 10.1. The van der Waals surface area contributed by atoms with Crippen LogP contribution in [0.2, 0.25) is 0 Å². The fourth-order valence-electron chi connectivity index (χ4n) is 1.79. The van der Waals surface area contributed by atoms with Crippen LogP contribution in [0.4, 0.5) is 0 Å². The van der Waals surface area contributed by atoms with E-state index in [0.29, 0.717) is 0 Å². The molecule has 1 nitrogen and oxygen atoms in total. The molecule has 0 aromatic rings. The molecule has 0 radical (unpaired) electrons. The Morgan fingerprint density at radius 1 is 0.938 bits per heavy atom. The lowest BCUT2D eigenvalue weighted by molar-refractivity contribution is 0.808. The maximum Gasteiger partial charge on any atom is 0.0441 e. The molecule has 0 spiro atoms. The first-order valence-electron chi connectivity index (χ1n) is 6.94. The van der Waals surface area contributed by atoms with Crippen molar-refractivity contribution in [2.24, 2.45) is 4.36 Å². The van der Waals surface area contributed by atoms with Crippen molar-refractivity contribution in [3.63, 3.8) is 0 Å². The van der Waals surface area contributed by atoms with E-state index in [1.807, 2.05) is 0 Å². The van der Waals surface area contributed by atoms with Gasteiger partial charge in [-0.1, -0.05) is 46.6 Å². The number of nitrogens with zero attached hydrogens (tertiary/aromatic N) is 1. The summed E-state index contributed by atoms with van der Waals surface area (Å²) in [7, 11) is -1.15. The second-order valence-corrected chi connectivity index (χ2v) is 8.06. The van der Waals surface area contributed by atoms with Crippen molar-refractivity contribution >= 4 is 9.82 Å². The molecule has 0 aromatic carbocycles. The Labute approximate surface area is 104 Å². The summed E-state index contributed by atoms with van der Waals surface area (Å²) >= 11 is 0. The first-order chi connectivity index (χ1) is 7.74. The molecular weight excluding hydrogens is 214 g/mol. The molecule has 0 heterocycles. The molecule has 0 saturated heterocycles. The minimum Gasteiger partial charge on any atom is -0.282 e. The van der Waals surface area contributed by atoms with Crippen LogP contribution in [-0.2, 0) is 9.82 Å². The van der Waals surface area contributed by atoms with Crippen LogP contribution < -0.4 is 0 Å². The number of thiol groups is 1. The molecule has 0 bridgehead atoms. The Bertz CT molecular complexity index is 209. The van der Waals surface area contributed by atoms with Crippen LogP contribution in [0.3, 0.4) is 0 Å². The number of hydrogen-bond donors (Lipinski definition) is 1. The minimum absolute atomic E-state index is 1.06. The van der Waals surface area contributed by atoms with Crippen molar-refractivity contribution in [2.75, 3.05) is 18.1 Å². The molecular formula is C14H31NS. The Morgan fingerprint density at radius 2 is 1.44 bits per heavy atom. The van der Waals surface area contributed by atoms with Gasteiger partial charge in [0.05, 0.1) is 0 Å². The van der Waals surface area contributed by atoms with Gasteiger partial charge in [-0.3, -0.25) is 4.36 Å². The molecule has 0 aliphatic carbocycles. The van der Waals surface area contributed by atoms with Crippen LogP contribution in [-0.4, -0.2) is 18.1 Å². The van der Waals surface area contributed by atoms with Gasteiger partial charge < -0.3 is 0 Å². The Kier molecular flexibility index (Phi) is 10.0. The van der Waals surface area contributed by atoms with Crippen LogP contribution in [0, 0.1) is 0 Å². The highest BCUT2D eigenvalue weighted by Crippen LogP contribution is 2.17. The highest BCUT2D eigenvalue weighted by molar-refractivity contribution is 8.07. The van der Waals surface area contributed by atoms with Gasteiger partial charge in [-0.15, -0.1) is 0 Å². The third-order valence-electron chi connectivity index (χ3n) is 3.03. The van der Waals surface area contributed by atoms with Crippen LogP contribution >= 0.6 is 0 Å². The summed E-state index contributed by atoms with van der Waals surface area (Å²) < 4.78 is 5.03. The molecule has 16 heavy (non-hydrogen) atoms. The zero-order valence-electron chi connectivity index (χ0n) is 11.5. The second-order valence-electron chi connectivity index (χ2n) is 4.54. The predicted molar refractivity (Wildman–Crippen MR) is 80.7 cm³/mol. The van der Waals surface area contributed by atoms with Crippen LogP contribution in [0.25, 0.3) is 0 Å². The summed E-state index contributed by atoms with van der Waals surface area (Å²) in [5.41, 5.74) is 0. The molecule has 2 heteroatoms. The largest absolute Gasteiger partial charge is 0.282 e. The highest BCUT2D eigenvalue weighted by Gasteiger charge is 2.08. The SMILES string of the molecule is C=C[SH](CCCC)(CCCC)=NCCCC. The number of rotatable bonds is 10. The van der Waals surface area contributed by atoms with E-state index < -0.39 is 9.82 Å². The molecule has 0 aliphatic heterocycles. The molecule has 0 N–H and O–H groups in total. The molecule has 0 saturated carbocycles. The van der Waals surface area contributed by atoms with E-state index >= 15 is 0 Å². The van der Waals surface area contributed by atoms with Crippen molar-refractivity contribution in [3.05, 3.63) is 12.0 Å². The molecule has 0 amide bonds. The fourth-order valence-corrected chi connectivity index (χ4v) is 5.04. The average Bonchev–Trinajstić information content (AvgIpc) is 2.32. The summed E-state index contributed by atoms with van der Waals surface area (Å²) in [6.07, 6.45) is 7.70. The van der Waals surface area contributed by atoms with Gasteiger partial charge in [0.2, 0.25) is 0 Å². The molecule has 0 atom stereocenters. The van der Waals surface area contributed by atoms with Crippen molar-refractivity contribution in [3.8, 4) is 0 Å². The predicted octanol–water partition coefficient (Wildman–Crippen LogP) is 4.60. The normalized spacial score (nSPS) is 12.4. The Balaban J connectivity index is 4.51. The maximum absolute atomic E-state index is 5.03. The van der Waals surface area contributed by atoms with E-state index in [4.69, 9.17) is 4.36 Å². The lowest BCUT2D eigenvalue weighted by Gasteiger charge is -2.26. The van der Waals surface area contributed by atoms with Gasteiger partial charge in [-0.25, -0.2) is 0 Å². The van der Waals surface area contributed by atoms with E-state index in [0.717, 1.165) is 6.54 Å². The van der Waals surface area contributed by atoms with E-state index in [2.05, 4.69) is 32.8 Å². The van der Waals surface area contributed by atoms with Crippen LogP contribution in [0.5, 0.6) is 0 Å². The maximum atomic E-state index is 5.03. The van der Waals surface area contributed by atoms with Crippen molar-refractivity contribution in [1.82, 2.24) is 0 Å². The summed E-state index contributed by atoms with van der Waals surface area (Å²) in [4.78, 5) is 0. The minimum atomic E-state index is -1.15.